The van der Waals surface area contributed by atoms with Crippen LogP contribution in [0.3, 0.4) is 0 Å². The molecule has 0 saturated carbocycles. The maximum Gasteiger partial charge on any atom is 0.104 e. The maximum absolute atomic E-state index is 2.41. The van der Waals surface area contributed by atoms with E-state index in [0.717, 1.165) is 11.0 Å². The van der Waals surface area contributed by atoms with Crippen molar-refractivity contribution in [3.63, 3.8) is 0 Å². The molecule has 2 nitrogen and oxygen atoms in total. The average Bonchev–Trinajstić information content (AvgIpc) is 3.05. The maximum atomic E-state index is 2.41. The second kappa shape index (κ2) is 7.68. The molecule has 0 amide bonds. The number of fused-ring (bicyclic) bond motifs is 3. The fraction of sp³-hybridized carbons (Fsp3) is 0.333. The molecule has 0 N–H and O–H groups in total. The Morgan fingerprint density at radius 3 is 1.59 bits per heavy atom. The molecule has 4 aromatic rings. The SMILES string of the molecule is CC[N+](CC)(CC)Cc1ccc(-n2c3ccc(C)cc3c3cc(C)ccc32)cc1. The molecule has 0 aliphatic carbocycles. The van der Waals surface area contributed by atoms with E-state index in [-0.39, 0.29) is 0 Å². The Morgan fingerprint density at radius 1 is 0.655 bits per heavy atom. The van der Waals surface area contributed by atoms with E-state index in [4.69, 9.17) is 0 Å². The number of hydrogen-bond donors (Lipinski definition) is 0. The van der Waals surface area contributed by atoms with Crippen LogP contribution in [-0.4, -0.2) is 28.7 Å². The highest BCUT2D eigenvalue weighted by molar-refractivity contribution is 6.09. The number of aromatic nitrogens is 1. The molecule has 150 valence electrons. The Hall–Kier alpha value is -2.58. The monoisotopic (exact) mass is 385 g/mol. The van der Waals surface area contributed by atoms with Crippen molar-refractivity contribution >= 4 is 21.8 Å². The number of rotatable bonds is 6. The van der Waals surface area contributed by atoms with Crippen LogP contribution in [0, 0.1) is 13.8 Å². The zero-order valence-electron chi connectivity index (χ0n) is 18.5. The lowest BCUT2D eigenvalue weighted by Crippen LogP contribution is -2.46. The molecule has 3 aromatic carbocycles. The van der Waals surface area contributed by atoms with Gasteiger partial charge in [0.2, 0.25) is 0 Å². The highest BCUT2D eigenvalue weighted by atomic mass is 15.3. The van der Waals surface area contributed by atoms with Gasteiger partial charge in [0.05, 0.1) is 30.7 Å². The summed E-state index contributed by atoms with van der Waals surface area (Å²) in [7, 11) is 0. The molecule has 2 heteroatoms. The molecular formula is C27H33N2+. The molecule has 0 aliphatic heterocycles. The topological polar surface area (TPSA) is 4.93 Å². The zero-order valence-corrected chi connectivity index (χ0v) is 18.5. The third kappa shape index (κ3) is 3.47. The molecular weight excluding hydrogens is 352 g/mol. The molecule has 0 radical (unpaired) electrons. The second-order valence-electron chi connectivity index (χ2n) is 8.49. The minimum absolute atomic E-state index is 1.11. The molecule has 4 rings (SSSR count). The highest BCUT2D eigenvalue weighted by Crippen LogP contribution is 2.33. The van der Waals surface area contributed by atoms with E-state index in [9.17, 15) is 0 Å². The van der Waals surface area contributed by atoms with Gasteiger partial charge in [0, 0.05) is 22.0 Å². The number of nitrogens with zero attached hydrogens (tertiary/aromatic N) is 2. The standard InChI is InChI=1S/C27H33N2/c1-6-29(7-2,8-3)19-22-11-13-23(14-12-22)28-26-15-9-20(4)17-24(26)25-18-21(5)10-16-27(25)28/h9-18H,6-8,19H2,1-5H3/q+1. The normalized spacial score (nSPS) is 12.2. The molecule has 0 unspecified atom stereocenters. The summed E-state index contributed by atoms with van der Waals surface area (Å²) in [6.07, 6.45) is 0. The summed E-state index contributed by atoms with van der Waals surface area (Å²) < 4.78 is 3.56. The van der Waals surface area contributed by atoms with Crippen molar-refractivity contribution in [3.8, 4) is 5.69 Å². The lowest BCUT2D eigenvalue weighted by molar-refractivity contribution is -0.936. The van der Waals surface area contributed by atoms with E-state index in [1.54, 1.807) is 0 Å². The molecule has 1 aromatic heterocycles. The van der Waals surface area contributed by atoms with Crippen LogP contribution >= 0.6 is 0 Å². The highest BCUT2D eigenvalue weighted by Gasteiger charge is 2.21. The van der Waals surface area contributed by atoms with Crippen molar-refractivity contribution in [2.45, 2.75) is 41.2 Å². The van der Waals surface area contributed by atoms with Crippen molar-refractivity contribution in [1.29, 1.82) is 0 Å². The molecule has 0 bridgehead atoms. The average molecular weight is 386 g/mol. The van der Waals surface area contributed by atoms with Crippen LogP contribution in [-0.2, 0) is 6.54 Å². The van der Waals surface area contributed by atoms with E-state index in [0.29, 0.717) is 0 Å². The quantitative estimate of drug-likeness (QED) is 0.322. The van der Waals surface area contributed by atoms with Crippen molar-refractivity contribution in [2.24, 2.45) is 0 Å². The fourth-order valence-corrected chi connectivity index (χ4v) is 4.67. The van der Waals surface area contributed by atoms with Crippen molar-refractivity contribution in [3.05, 3.63) is 77.4 Å². The first-order chi connectivity index (χ1) is 14.0. The molecule has 0 saturated heterocycles. The number of aryl methyl sites for hydroxylation is 2. The first kappa shape index (κ1) is 19.7. The molecule has 29 heavy (non-hydrogen) atoms. The van der Waals surface area contributed by atoms with Crippen LogP contribution in [0.5, 0.6) is 0 Å². The van der Waals surface area contributed by atoms with Gasteiger partial charge in [-0.25, -0.2) is 0 Å². The van der Waals surface area contributed by atoms with Gasteiger partial charge in [-0.1, -0.05) is 35.4 Å². The van der Waals surface area contributed by atoms with Crippen LogP contribution in [0.15, 0.2) is 60.7 Å². The summed E-state index contributed by atoms with van der Waals surface area (Å²) in [5, 5.41) is 2.68. The van der Waals surface area contributed by atoms with Gasteiger partial charge in [-0.15, -0.1) is 0 Å². The van der Waals surface area contributed by atoms with E-state index in [2.05, 4.69) is 99.8 Å². The molecule has 0 aliphatic rings. The molecule has 1 heterocycles. The largest absolute Gasteiger partial charge is 0.321 e. The second-order valence-corrected chi connectivity index (χ2v) is 8.49. The summed E-state index contributed by atoms with van der Waals surface area (Å²) in [6.45, 7) is 15.9. The predicted octanol–water partition coefficient (Wildman–Crippen LogP) is 6.78. The lowest BCUT2D eigenvalue weighted by atomic mass is 10.1. The predicted molar refractivity (Wildman–Crippen MR) is 126 cm³/mol. The first-order valence-electron chi connectivity index (χ1n) is 11.0. The number of quaternary nitrogens is 1. The van der Waals surface area contributed by atoms with Gasteiger partial charge in [-0.05, 0) is 71.0 Å². The summed E-state index contributed by atoms with van der Waals surface area (Å²) in [4.78, 5) is 0. The fourth-order valence-electron chi connectivity index (χ4n) is 4.67. The lowest BCUT2D eigenvalue weighted by Gasteiger charge is -2.35. The van der Waals surface area contributed by atoms with Crippen LogP contribution < -0.4 is 0 Å². The number of benzene rings is 3. The Bertz CT molecular complexity index is 1080. The third-order valence-corrected chi connectivity index (χ3v) is 6.80. The summed E-state index contributed by atoms with van der Waals surface area (Å²) >= 11 is 0. The minimum atomic E-state index is 1.11. The van der Waals surface area contributed by atoms with E-state index in [1.165, 1.54) is 63.8 Å². The van der Waals surface area contributed by atoms with Gasteiger partial charge in [0.15, 0.2) is 0 Å². The van der Waals surface area contributed by atoms with Gasteiger partial charge < -0.3 is 9.05 Å². The Kier molecular flexibility index (Phi) is 5.23. The van der Waals surface area contributed by atoms with Gasteiger partial charge in [0.1, 0.15) is 6.54 Å². The van der Waals surface area contributed by atoms with E-state index < -0.39 is 0 Å². The van der Waals surface area contributed by atoms with Crippen LogP contribution in [0.25, 0.3) is 27.5 Å². The molecule has 0 spiro atoms. The van der Waals surface area contributed by atoms with Crippen molar-refractivity contribution in [2.75, 3.05) is 19.6 Å². The van der Waals surface area contributed by atoms with Gasteiger partial charge >= 0.3 is 0 Å². The molecule has 0 atom stereocenters. The van der Waals surface area contributed by atoms with Gasteiger partial charge in [0.25, 0.3) is 0 Å². The minimum Gasteiger partial charge on any atom is -0.321 e. The Labute approximate surface area is 175 Å². The van der Waals surface area contributed by atoms with Crippen LogP contribution in [0.2, 0.25) is 0 Å². The van der Waals surface area contributed by atoms with Crippen LogP contribution in [0.1, 0.15) is 37.5 Å². The van der Waals surface area contributed by atoms with E-state index in [1.807, 2.05) is 0 Å². The Balaban J connectivity index is 1.82. The number of hydrogen-bond acceptors (Lipinski definition) is 0. The third-order valence-electron chi connectivity index (χ3n) is 6.80. The smallest absolute Gasteiger partial charge is 0.104 e. The van der Waals surface area contributed by atoms with Gasteiger partial charge in [-0.2, -0.15) is 0 Å². The Morgan fingerprint density at radius 2 is 1.14 bits per heavy atom. The summed E-state index contributed by atoms with van der Waals surface area (Å²) in [6, 6.07) is 22.8. The summed E-state index contributed by atoms with van der Waals surface area (Å²) in [5.41, 5.74) is 7.84. The van der Waals surface area contributed by atoms with Crippen molar-refractivity contribution in [1.82, 2.24) is 4.57 Å². The summed E-state index contributed by atoms with van der Waals surface area (Å²) in [5.74, 6) is 0. The van der Waals surface area contributed by atoms with Crippen molar-refractivity contribution < 1.29 is 4.48 Å². The van der Waals surface area contributed by atoms with Crippen LogP contribution in [0.4, 0.5) is 0 Å². The molecule has 0 fully saturated rings. The zero-order chi connectivity index (χ0) is 20.6. The van der Waals surface area contributed by atoms with Gasteiger partial charge in [-0.3, -0.25) is 0 Å². The first-order valence-corrected chi connectivity index (χ1v) is 11.0. The van der Waals surface area contributed by atoms with E-state index >= 15 is 0 Å².